The largest absolute Gasteiger partial charge is 0.467 e. The van der Waals surface area contributed by atoms with E-state index >= 15 is 0 Å². The zero-order valence-corrected chi connectivity index (χ0v) is 10.1. The second kappa shape index (κ2) is 5.42. The van der Waals surface area contributed by atoms with Crippen LogP contribution in [0.2, 0.25) is 10.2 Å². The summed E-state index contributed by atoms with van der Waals surface area (Å²) in [6.07, 6.45) is 4.88. The predicted octanol–water partition coefficient (Wildman–Crippen LogP) is 2.29. The molecule has 80 valence electrons. The quantitative estimate of drug-likeness (QED) is 0.386. The Morgan fingerprint density at radius 3 is 2.80 bits per heavy atom. The van der Waals surface area contributed by atoms with Crippen LogP contribution in [0.3, 0.4) is 0 Å². The van der Waals surface area contributed by atoms with Gasteiger partial charge in [-0.1, -0.05) is 23.2 Å². The van der Waals surface area contributed by atoms with Crippen molar-refractivity contribution in [3.05, 3.63) is 28.0 Å². The van der Waals surface area contributed by atoms with Gasteiger partial charge in [0.25, 0.3) is 0 Å². The van der Waals surface area contributed by atoms with Crippen LogP contribution in [0.25, 0.3) is 0 Å². The third-order valence-electron chi connectivity index (χ3n) is 1.64. The Morgan fingerprint density at radius 1 is 1.67 bits per heavy atom. The highest BCUT2D eigenvalue weighted by atomic mass is 35.5. The molecule has 1 N–H and O–H groups in total. The van der Waals surface area contributed by atoms with Crippen molar-refractivity contribution in [3.63, 3.8) is 0 Å². The number of nitriles is 1. The van der Waals surface area contributed by atoms with E-state index in [4.69, 9.17) is 28.5 Å². The molecule has 0 aliphatic rings. The Kier molecular flexibility index (Phi) is 4.48. The standard InChI is InChI=1S/C8H7Cl2N3OS/c1-15(14)13(5-11)4-6-3-12-8(10)2-7(6)9/h2-3H,4H2,1H3/p+1. The van der Waals surface area contributed by atoms with E-state index in [0.29, 0.717) is 15.7 Å². The molecule has 0 radical (unpaired) electrons. The highest BCUT2D eigenvalue weighted by molar-refractivity contribution is 7.78. The van der Waals surface area contributed by atoms with Gasteiger partial charge < -0.3 is 4.55 Å². The molecule has 1 aromatic rings. The Bertz CT molecular complexity index is 452. The van der Waals surface area contributed by atoms with Gasteiger partial charge >= 0.3 is 6.19 Å². The molecule has 0 spiro atoms. The van der Waals surface area contributed by atoms with Crippen molar-refractivity contribution in [1.29, 1.82) is 5.26 Å². The van der Waals surface area contributed by atoms with Crippen molar-refractivity contribution in [3.8, 4) is 6.19 Å². The number of halogens is 2. The second-order valence-corrected chi connectivity index (χ2v) is 4.81. The van der Waals surface area contributed by atoms with E-state index in [9.17, 15) is 4.55 Å². The van der Waals surface area contributed by atoms with Crippen LogP contribution in [0.5, 0.6) is 0 Å². The van der Waals surface area contributed by atoms with Crippen molar-refractivity contribution >= 4 is 34.2 Å². The van der Waals surface area contributed by atoms with E-state index in [1.54, 1.807) is 0 Å². The zero-order chi connectivity index (χ0) is 11.4. The molecule has 1 aromatic heterocycles. The molecule has 0 bridgehead atoms. The van der Waals surface area contributed by atoms with Crippen LogP contribution in [0, 0.1) is 11.5 Å². The first kappa shape index (κ1) is 12.4. The SMILES string of the molecule is CS(O)=[N+](C#N)Cc1cnc(Cl)cc1Cl. The third kappa shape index (κ3) is 3.43. The first-order valence-electron chi connectivity index (χ1n) is 3.87. The monoisotopic (exact) mass is 264 g/mol. The lowest BCUT2D eigenvalue weighted by molar-refractivity contribution is -0.433. The lowest BCUT2D eigenvalue weighted by Gasteiger charge is -2.01. The highest BCUT2D eigenvalue weighted by Crippen LogP contribution is 2.19. The summed E-state index contributed by atoms with van der Waals surface area (Å²) >= 11 is 11.5. The van der Waals surface area contributed by atoms with Gasteiger partial charge in [-0.25, -0.2) is 4.98 Å². The molecular formula is C8H8Cl2N3OS+. The van der Waals surface area contributed by atoms with Crippen LogP contribution in [-0.4, -0.2) is 19.7 Å². The minimum absolute atomic E-state index is 0.218. The van der Waals surface area contributed by atoms with Gasteiger partial charge in [-0.15, -0.1) is 3.95 Å². The Labute approximate surface area is 100.0 Å². The van der Waals surface area contributed by atoms with Gasteiger partial charge in [-0.05, 0) is 6.07 Å². The lowest BCUT2D eigenvalue weighted by Crippen LogP contribution is -2.10. The smallest absolute Gasteiger partial charge is 0.306 e. The Balaban J connectivity index is 3.01. The maximum absolute atomic E-state index is 9.26. The fourth-order valence-corrected chi connectivity index (χ4v) is 1.76. The molecule has 15 heavy (non-hydrogen) atoms. The van der Waals surface area contributed by atoms with Crippen molar-refractivity contribution in [2.75, 3.05) is 6.26 Å². The first-order chi connectivity index (χ1) is 7.04. The first-order valence-corrected chi connectivity index (χ1v) is 6.17. The summed E-state index contributed by atoms with van der Waals surface area (Å²) < 4.78 is 10.5. The summed E-state index contributed by atoms with van der Waals surface area (Å²) in [5, 5.41) is 9.47. The van der Waals surface area contributed by atoms with E-state index < -0.39 is 11.0 Å². The maximum atomic E-state index is 9.26. The van der Waals surface area contributed by atoms with E-state index in [2.05, 4.69) is 4.98 Å². The summed E-state index contributed by atoms with van der Waals surface area (Å²) in [5.41, 5.74) is 0.649. The van der Waals surface area contributed by atoms with Crippen molar-refractivity contribution in [2.45, 2.75) is 6.54 Å². The Hall–Kier alpha value is -0.670. The second-order valence-electron chi connectivity index (χ2n) is 2.68. The molecule has 0 aliphatic heterocycles. The minimum Gasteiger partial charge on any atom is -0.306 e. The lowest BCUT2D eigenvalue weighted by atomic mass is 10.3. The van der Waals surface area contributed by atoms with Crippen molar-refractivity contribution in [1.82, 2.24) is 4.98 Å². The number of pyridine rings is 1. The molecule has 1 atom stereocenters. The molecule has 0 saturated carbocycles. The minimum atomic E-state index is -1.11. The maximum Gasteiger partial charge on any atom is 0.467 e. The average molecular weight is 265 g/mol. The van der Waals surface area contributed by atoms with Gasteiger partial charge in [-0.3, -0.25) is 0 Å². The zero-order valence-electron chi connectivity index (χ0n) is 7.81. The summed E-state index contributed by atoms with van der Waals surface area (Å²) in [6, 6.07) is 1.50. The fourth-order valence-electron chi connectivity index (χ4n) is 0.895. The van der Waals surface area contributed by atoms with Gasteiger partial charge in [0.15, 0.2) is 5.26 Å². The van der Waals surface area contributed by atoms with Crippen LogP contribution >= 0.6 is 23.2 Å². The predicted molar refractivity (Wildman–Crippen MR) is 59.8 cm³/mol. The molecule has 4 nitrogen and oxygen atoms in total. The summed E-state index contributed by atoms with van der Waals surface area (Å²) in [7, 11) is -1.11. The van der Waals surface area contributed by atoms with Gasteiger partial charge in [0.1, 0.15) is 22.7 Å². The van der Waals surface area contributed by atoms with E-state index in [-0.39, 0.29) is 6.54 Å². The summed E-state index contributed by atoms with van der Waals surface area (Å²) in [6.45, 7) is 0.218. The van der Waals surface area contributed by atoms with E-state index in [1.807, 2.05) is 6.19 Å². The highest BCUT2D eigenvalue weighted by Gasteiger charge is 2.10. The Morgan fingerprint density at radius 2 is 2.33 bits per heavy atom. The molecule has 0 aromatic carbocycles. The molecule has 7 heteroatoms. The van der Waals surface area contributed by atoms with E-state index in [1.165, 1.54) is 22.5 Å². The molecule has 1 heterocycles. The van der Waals surface area contributed by atoms with Crippen LogP contribution in [0.4, 0.5) is 0 Å². The van der Waals surface area contributed by atoms with E-state index in [0.717, 1.165) is 0 Å². The topological polar surface area (TPSA) is 59.9 Å². The number of aromatic nitrogens is 1. The molecule has 0 amide bonds. The number of rotatable bonds is 2. The molecule has 0 fully saturated rings. The van der Waals surface area contributed by atoms with Crippen LogP contribution in [-0.2, 0) is 17.5 Å². The molecule has 0 saturated heterocycles. The van der Waals surface area contributed by atoms with Gasteiger partial charge in [0.2, 0.25) is 0 Å². The third-order valence-corrected chi connectivity index (χ3v) is 3.05. The molecule has 1 unspecified atom stereocenters. The summed E-state index contributed by atoms with van der Waals surface area (Å²) in [4.78, 5) is 3.85. The average Bonchev–Trinajstić information content (AvgIpc) is 2.16. The van der Waals surface area contributed by atoms with Crippen LogP contribution < -0.4 is 0 Å². The van der Waals surface area contributed by atoms with Gasteiger partial charge in [-0.2, -0.15) is 0 Å². The normalized spacial score (nSPS) is 13.1. The van der Waals surface area contributed by atoms with Crippen LogP contribution in [0.15, 0.2) is 12.3 Å². The van der Waals surface area contributed by atoms with Gasteiger partial charge in [0.05, 0.1) is 5.02 Å². The van der Waals surface area contributed by atoms with Gasteiger partial charge in [0, 0.05) is 18.0 Å². The molecule has 1 rings (SSSR count). The fraction of sp³-hybridized carbons (Fsp3) is 0.250. The van der Waals surface area contributed by atoms with Crippen molar-refractivity contribution in [2.24, 2.45) is 0 Å². The number of hydrogen-bond donors (Lipinski definition) is 1. The van der Waals surface area contributed by atoms with Crippen LogP contribution in [0.1, 0.15) is 5.56 Å². The van der Waals surface area contributed by atoms with Crippen molar-refractivity contribution < 1.29 is 8.50 Å². The number of nitrogens with zero attached hydrogens (tertiary/aromatic N) is 3. The number of hydrogen-bond acceptors (Lipinski definition) is 2. The molecular weight excluding hydrogens is 257 g/mol. The molecule has 0 aliphatic carbocycles. The summed E-state index contributed by atoms with van der Waals surface area (Å²) in [5.74, 6) is 0.